The molecule has 0 aliphatic heterocycles. The number of carbonyl (C=O) groups is 1. The molecule has 4 atom stereocenters. The molecule has 3 aliphatic carbocycles. The van der Waals surface area contributed by atoms with E-state index in [4.69, 9.17) is 0 Å². The minimum atomic E-state index is 0.480. The Labute approximate surface area is 86.3 Å². The number of rotatable bonds is 0. The first-order valence-corrected chi connectivity index (χ1v) is 6.40. The lowest BCUT2D eigenvalue weighted by Gasteiger charge is -2.46. The van der Waals surface area contributed by atoms with Gasteiger partial charge in [-0.15, -0.1) is 0 Å². The van der Waals surface area contributed by atoms with Crippen molar-refractivity contribution in [3.63, 3.8) is 0 Å². The molecular formula is C13H20O. The zero-order valence-electron chi connectivity index (χ0n) is 8.87. The van der Waals surface area contributed by atoms with Crippen molar-refractivity contribution in [1.29, 1.82) is 0 Å². The Morgan fingerprint density at radius 2 is 1.79 bits per heavy atom. The highest BCUT2D eigenvalue weighted by molar-refractivity contribution is 5.85. The van der Waals surface area contributed by atoms with Crippen LogP contribution in [0.2, 0.25) is 0 Å². The topological polar surface area (TPSA) is 17.1 Å². The van der Waals surface area contributed by atoms with E-state index >= 15 is 0 Å². The van der Waals surface area contributed by atoms with Crippen LogP contribution in [0, 0.1) is 23.7 Å². The number of hydrogen-bond acceptors (Lipinski definition) is 1. The van der Waals surface area contributed by atoms with Crippen LogP contribution in [0.1, 0.15) is 51.4 Å². The van der Waals surface area contributed by atoms with Gasteiger partial charge in [-0.2, -0.15) is 0 Å². The summed E-state index contributed by atoms with van der Waals surface area (Å²) in [6, 6.07) is 0. The van der Waals surface area contributed by atoms with Gasteiger partial charge in [0.05, 0.1) is 0 Å². The molecular weight excluding hydrogens is 172 g/mol. The summed E-state index contributed by atoms with van der Waals surface area (Å²) in [6.45, 7) is 0. The number of hydrogen-bond donors (Lipinski definition) is 0. The summed E-state index contributed by atoms with van der Waals surface area (Å²) in [5.41, 5.74) is 0. The SMILES string of the molecule is O=C1C2CCCC1C1CCCCC1C2. The van der Waals surface area contributed by atoms with Crippen LogP contribution in [0.5, 0.6) is 0 Å². The smallest absolute Gasteiger partial charge is 0.139 e. The van der Waals surface area contributed by atoms with E-state index in [1.54, 1.807) is 0 Å². The molecule has 3 fully saturated rings. The fourth-order valence-electron chi connectivity index (χ4n) is 4.25. The number of Topliss-reactive ketones (excluding diaryl/α,β-unsaturated/α-hetero) is 1. The maximum Gasteiger partial charge on any atom is 0.139 e. The lowest BCUT2D eigenvalue weighted by molar-refractivity contribution is -0.138. The van der Waals surface area contributed by atoms with E-state index in [1.807, 2.05) is 0 Å². The summed E-state index contributed by atoms with van der Waals surface area (Å²) >= 11 is 0. The van der Waals surface area contributed by atoms with Gasteiger partial charge in [0.25, 0.3) is 0 Å². The molecule has 0 aromatic carbocycles. The fourth-order valence-corrected chi connectivity index (χ4v) is 4.25. The number of ketones is 1. The van der Waals surface area contributed by atoms with Gasteiger partial charge in [0, 0.05) is 11.8 Å². The van der Waals surface area contributed by atoms with Gasteiger partial charge in [-0.25, -0.2) is 0 Å². The molecule has 0 N–H and O–H groups in total. The maximum absolute atomic E-state index is 12.1. The van der Waals surface area contributed by atoms with Crippen LogP contribution in [-0.4, -0.2) is 5.78 Å². The molecule has 0 heterocycles. The summed E-state index contributed by atoms with van der Waals surface area (Å²) in [5, 5.41) is 0. The molecule has 1 nitrogen and oxygen atoms in total. The first kappa shape index (κ1) is 8.94. The largest absolute Gasteiger partial charge is 0.299 e. The molecule has 0 saturated heterocycles. The molecule has 78 valence electrons. The van der Waals surface area contributed by atoms with Gasteiger partial charge in [0.1, 0.15) is 5.78 Å². The minimum absolute atomic E-state index is 0.480. The molecule has 14 heavy (non-hydrogen) atoms. The van der Waals surface area contributed by atoms with E-state index < -0.39 is 0 Å². The second-order valence-corrected chi connectivity index (χ2v) is 5.58. The van der Waals surface area contributed by atoms with Crippen LogP contribution < -0.4 is 0 Å². The van der Waals surface area contributed by atoms with Crippen molar-refractivity contribution in [3.05, 3.63) is 0 Å². The normalized spacial score (nSPS) is 47.3. The summed E-state index contributed by atoms with van der Waals surface area (Å²) < 4.78 is 0. The van der Waals surface area contributed by atoms with Crippen LogP contribution in [0.3, 0.4) is 0 Å². The van der Waals surface area contributed by atoms with Crippen molar-refractivity contribution in [1.82, 2.24) is 0 Å². The molecule has 0 aromatic rings. The van der Waals surface area contributed by atoms with Crippen LogP contribution in [0.15, 0.2) is 0 Å². The van der Waals surface area contributed by atoms with Gasteiger partial charge < -0.3 is 0 Å². The van der Waals surface area contributed by atoms with E-state index in [-0.39, 0.29) is 0 Å². The summed E-state index contributed by atoms with van der Waals surface area (Å²) in [6.07, 6.45) is 10.6. The van der Waals surface area contributed by atoms with Gasteiger partial charge in [0.2, 0.25) is 0 Å². The highest BCUT2D eigenvalue weighted by atomic mass is 16.1. The van der Waals surface area contributed by atoms with Crippen LogP contribution in [0.4, 0.5) is 0 Å². The second-order valence-electron chi connectivity index (χ2n) is 5.58. The molecule has 0 aromatic heterocycles. The molecule has 0 amide bonds. The van der Waals surface area contributed by atoms with Crippen molar-refractivity contribution in [2.24, 2.45) is 23.7 Å². The molecule has 0 radical (unpaired) electrons. The first-order valence-electron chi connectivity index (χ1n) is 6.40. The first-order chi connectivity index (χ1) is 6.86. The van der Waals surface area contributed by atoms with E-state index in [1.165, 1.54) is 51.4 Å². The van der Waals surface area contributed by atoms with Crippen molar-refractivity contribution in [2.75, 3.05) is 0 Å². The molecule has 3 rings (SSSR count). The van der Waals surface area contributed by atoms with Crippen molar-refractivity contribution in [3.8, 4) is 0 Å². The third kappa shape index (κ3) is 1.24. The Hall–Kier alpha value is -0.330. The average Bonchev–Trinajstić information content (AvgIpc) is 2.18. The van der Waals surface area contributed by atoms with Gasteiger partial charge in [-0.3, -0.25) is 4.79 Å². The van der Waals surface area contributed by atoms with Gasteiger partial charge in [-0.1, -0.05) is 25.7 Å². The zero-order chi connectivity index (χ0) is 9.54. The second kappa shape index (κ2) is 3.36. The van der Waals surface area contributed by atoms with E-state index in [2.05, 4.69) is 0 Å². The lowest BCUT2D eigenvalue weighted by Crippen LogP contribution is -2.44. The molecule has 1 heteroatoms. The summed E-state index contributed by atoms with van der Waals surface area (Å²) in [4.78, 5) is 12.1. The minimum Gasteiger partial charge on any atom is -0.299 e. The average molecular weight is 192 g/mol. The third-order valence-corrected chi connectivity index (χ3v) is 4.91. The van der Waals surface area contributed by atoms with Crippen molar-refractivity contribution >= 4 is 5.78 Å². The Kier molecular flexibility index (Phi) is 2.14. The highest BCUT2D eigenvalue weighted by Crippen LogP contribution is 2.49. The summed E-state index contributed by atoms with van der Waals surface area (Å²) in [5.74, 6) is 3.35. The predicted molar refractivity (Wildman–Crippen MR) is 55.9 cm³/mol. The van der Waals surface area contributed by atoms with Crippen molar-refractivity contribution < 1.29 is 4.79 Å². The van der Waals surface area contributed by atoms with Crippen LogP contribution in [0.25, 0.3) is 0 Å². The number of carbonyl (C=O) groups excluding carboxylic acids is 1. The van der Waals surface area contributed by atoms with Crippen LogP contribution >= 0.6 is 0 Å². The predicted octanol–water partition coefficient (Wildman–Crippen LogP) is 3.18. The zero-order valence-corrected chi connectivity index (χ0v) is 8.87. The van der Waals surface area contributed by atoms with E-state index in [0.29, 0.717) is 17.6 Å². The Morgan fingerprint density at radius 3 is 2.71 bits per heavy atom. The third-order valence-electron chi connectivity index (χ3n) is 4.91. The molecule has 2 bridgehead atoms. The molecule has 4 unspecified atom stereocenters. The Balaban J connectivity index is 1.85. The Bertz CT molecular complexity index is 246. The molecule has 0 spiro atoms. The quantitative estimate of drug-likeness (QED) is 0.576. The fraction of sp³-hybridized carbons (Fsp3) is 0.923. The molecule has 3 aliphatic rings. The van der Waals surface area contributed by atoms with E-state index in [9.17, 15) is 4.79 Å². The van der Waals surface area contributed by atoms with Gasteiger partial charge >= 0.3 is 0 Å². The number of fused-ring (bicyclic) bond motifs is 4. The standard InChI is InChI=1S/C13H20O/c14-13-10-5-3-7-12(13)11-6-2-1-4-9(11)8-10/h9-12H,1-8H2. The lowest BCUT2D eigenvalue weighted by atomic mass is 9.57. The van der Waals surface area contributed by atoms with E-state index in [0.717, 1.165) is 11.8 Å². The maximum atomic E-state index is 12.1. The highest BCUT2D eigenvalue weighted by Gasteiger charge is 2.45. The van der Waals surface area contributed by atoms with Gasteiger partial charge in [0.15, 0.2) is 0 Å². The monoisotopic (exact) mass is 192 g/mol. The Morgan fingerprint density at radius 1 is 0.929 bits per heavy atom. The van der Waals surface area contributed by atoms with Crippen LogP contribution in [-0.2, 0) is 4.79 Å². The van der Waals surface area contributed by atoms with Gasteiger partial charge in [-0.05, 0) is 37.5 Å². The molecule has 3 saturated carbocycles. The van der Waals surface area contributed by atoms with Crippen molar-refractivity contribution in [2.45, 2.75) is 51.4 Å². The summed E-state index contributed by atoms with van der Waals surface area (Å²) in [7, 11) is 0.